The molecule has 10 aromatic rings. The second-order valence-electron chi connectivity index (χ2n) is 14.6. The number of para-hydroxylation sites is 4. The first-order valence-electron chi connectivity index (χ1n) is 18.9. The lowest BCUT2D eigenvalue weighted by atomic mass is 9.59. The molecular formula is C50H35BN3S. The summed E-state index contributed by atoms with van der Waals surface area (Å²) in [5, 5.41) is 9.10. The van der Waals surface area contributed by atoms with Gasteiger partial charge in [0.1, 0.15) is 0 Å². The molecule has 55 heavy (non-hydrogen) atoms. The van der Waals surface area contributed by atoms with E-state index in [4.69, 9.17) is 0 Å². The molecule has 1 aliphatic heterocycles. The minimum absolute atomic E-state index is 1.10. The number of anilines is 5. The van der Waals surface area contributed by atoms with Gasteiger partial charge < -0.3 is 14.8 Å². The topological polar surface area (TPSA) is 20.2 Å². The molecule has 0 bridgehead atoms. The number of rotatable bonds is 6. The van der Waals surface area contributed by atoms with E-state index in [9.17, 15) is 0 Å². The second kappa shape index (κ2) is 12.5. The summed E-state index contributed by atoms with van der Waals surface area (Å²) in [6.45, 7) is 4.36. The van der Waals surface area contributed by atoms with Crippen LogP contribution in [-0.2, 0) is 0 Å². The van der Waals surface area contributed by atoms with E-state index >= 15 is 0 Å². The van der Waals surface area contributed by atoms with Crippen LogP contribution in [0, 0.1) is 13.8 Å². The van der Waals surface area contributed by atoms with Crippen LogP contribution in [0.15, 0.2) is 170 Å². The first-order valence-corrected chi connectivity index (χ1v) is 19.7. The van der Waals surface area contributed by atoms with E-state index in [1.807, 2.05) is 11.3 Å². The maximum atomic E-state index is 4.04. The normalized spacial score (nSPS) is 12.0. The van der Waals surface area contributed by atoms with Crippen LogP contribution in [0.3, 0.4) is 0 Å². The Kier molecular flexibility index (Phi) is 7.26. The Labute approximate surface area is 325 Å². The van der Waals surface area contributed by atoms with E-state index in [1.54, 1.807) is 0 Å². The van der Waals surface area contributed by atoms with Crippen LogP contribution >= 0.6 is 11.3 Å². The van der Waals surface area contributed by atoms with E-state index in [2.05, 4.69) is 206 Å². The minimum atomic E-state index is 1.10. The van der Waals surface area contributed by atoms with Crippen molar-refractivity contribution in [2.24, 2.45) is 0 Å². The fraction of sp³-hybridized carbons (Fsp3) is 0.0400. The number of aromatic nitrogens is 1. The summed E-state index contributed by atoms with van der Waals surface area (Å²) in [7, 11) is 2.42. The molecule has 0 unspecified atom stereocenters. The number of hydrogen-bond acceptors (Lipinski definition) is 3. The van der Waals surface area contributed by atoms with Crippen LogP contribution in [0.5, 0.6) is 0 Å². The highest BCUT2D eigenvalue weighted by atomic mass is 32.1. The Bertz CT molecular complexity index is 3090. The van der Waals surface area contributed by atoms with E-state index < -0.39 is 0 Å². The van der Waals surface area contributed by atoms with Crippen molar-refractivity contribution in [2.75, 3.05) is 10.2 Å². The Morgan fingerprint density at radius 2 is 1.27 bits per heavy atom. The van der Waals surface area contributed by atoms with Gasteiger partial charge in [-0.1, -0.05) is 120 Å². The van der Waals surface area contributed by atoms with E-state index in [1.165, 1.54) is 80.8 Å². The standard InChI is InChI=1S/C50H35BN3S/c1-31-24-26-42(32(2)28-31)52-49-37(25-27-46-47(49)39-19-10-12-23-45(39)55-46)40-29-35(53(33-14-5-3-6-15-33)34-16-7-4-8-17-34)30-44-48(40)51-41-21-13-20-38-36-18-9-11-22-43(36)54(44)50(38)41/h3-30,52H,1-2H3. The van der Waals surface area contributed by atoms with Crippen molar-refractivity contribution in [1.82, 2.24) is 4.57 Å². The van der Waals surface area contributed by atoms with Crippen LogP contribution < -0.4 is 21.1 Å². The van der Waals surface area contributed by atoms with Crippen LogP contribution in [0.25, 0.3) is 58.8 Å². The lowest BCUT2D eigenvalue weighted by molar-refractivity contribution is 1.18. The van der Waals surface area contributed by atoms with E-state index in [0.29, 0.717) is 0 Å². The molecule has 1 radical (unpaired) electrons. The molecule has 3 heterocycles. The monoisotopic (exact) mass is 720 g/mol. The SMILES string of the molecule is Cc1ccc(Nc2c(-c3cc(N(c4ccccc4)c4ccccc4)cc4c3[B]c3cccc5c6ccccc6n-4c35)ccc3sc4ccccc4c23)c(C)c1. The van der Waals surface area contributed by atoms with Crippen molar-refractivity contribution in [2.45, 2.75) is 13.8 Å². The van der Waals surface area contributed by atoms with E-state index in [-0.39, 0.29) is 0 Å². The molecule has 0 aliphatic carbocycles. The van der Waals surface area contributed by atoms with E-state index in [0.717, 1.165) is 28.4 Å². The molecule has 11 rings (SSSR count). The van der Waals surface area contributed by atoms with Gasteiger partial charge in [0.2, 0.25) is 0 Å². The van der Waals surface area contributed by atoms with Gasteiger partial charge in [0.25, 0.3) is 0 Å². The van der Waals surface area contributed by atoms with Crippen molar-refractivity contribution in [3.8, 4) is 16.8 Å². The van der Waals surface area contributed by atoms with Gasteiger partial charge >= 0.3 is 0 Å². The molecule has 259 valence electrons. The average molecular weight is 721 g/mol. The number of aryl methyl sites for hydroxylation is 2. The molecule has 0 spiro atoms. The number of fused-ring (bicyclic) bond motifs is 8. The van der Waals surface area contributed by atoms with Crippen LogP contribution in [0.4, 0.5) is 28.4 Å². The van der Waals surface area contributed by atoms with Gasteiger partial charge in [0.05, 0.1) is 11.2 Å². The predicted molar refractivity (Wildman–Crippen MR) is 238 cm³/mol. The summed E-state index contributed by atoms with van der Waals surface area (Å²) in [5.74, 6) is 0. The zero-order chi connectivity index (χ0) is 36.6. The molecule has 3 nitrogen and oxygen atoms in total. The Balaban J connectivity index is 1.27. The highest BCUT2D eigenvalue weighted by Gasteiger charge is 2.29. The van der Waals surface area contributed by atoms with Crippen molar-refractivity contribution in [3.63, 3.8) is 0 Å². The van der Waals surface area contributed by atoms with Crippen LogP contribution in [-0.4, -0.2) is 11.8 Å². The second-order valence-corrected chi connectivity index (χ2v) is 15.7. The van der Waals surface area contributed by atoms with Crippen LogP contribution in [0.2, 0.25) is 0 Å². The third-order valence-electron chi connectivity index (χ3n) is 11.2. The van der Waals surface area contributed by atoms with Gasteiger partial charge in [-0.2, -0.15) is 0 Å². The molecule has 8 aromatic carbocycles. The Morgan fingerprint density at radius 1 is 0.564 bits per heavy atom. The Hall–Kier alpha value is -6.56. The fourth-order valence-corrected chi connectivity index (χ4v) is 9.85. The first kappa shape index (κ1) is 31.9. The number of thiophene rings is 1. The molecule has 0 fully saturated rings. The summed E-state index contributed by atoms with van der Waals surface area (Å²) in [4.78, 5) is 2.39. The summed E-state index contributed by atoms with van der Waals surface area (Å²) in [6.07, 6.45) is 0. The summed E-state index contributed by atoms with van der Waals surface area (Å²) in [5.41, 5.74) is 16.4. The lowest BCUT2D eigenvalue weighted by Crippen LogP contribution is -2.37. The zero-order valence-electron chi connectivity index (χ0n) is 30.5. The molecule has 0 saturated heterocycles. The molecule has 5 heteroatoms. The maximum absolute atomic E-state index is 4.04. The molecular weight excluding hydrogens is 685 g/mol. The van der Waals surface area contributed by atoms with Crippen molar-refractivity contribution in [1.29, 1.82) is 0 Å². The highest BCUT2D eigenvalue weighted by Crippen LogP contribution is 2.47. The third-order valence-corrected chi connectivity index (χ3v) is 12.3. The third kappa shape index (κ3) is 5.04. The summed E-state index contributed by atoms with van der Waals surface area (Å²) in [6, 6.07) is 62.1. The quantitative estimate of drug-likeness (QED) is 0.173. The zero-order valence-corrected chi connectivity index (χ0v) is 31.4. The Morgan fingerprint density at radius 3 is 2.05 bits per heavy atom. The molecule has 0 atom stereocenters. The number of nitrogens with zero attached hydrogens (tertiary/aromatic N) is 2. The number of benzene rings is 8. The molecule has 1 aliphatic rings. The van der Waals surface area contributed by atoms with Crippen molar-refractivity contribution < 1.29 is 0 Å². The molecule has 0 saturated carbocycles. The lowest BCUT2D eigenvalue weighted by Gasteiger charge is -2.30. The van der Waals surface area contributed by atoms with Gasteiger partial charge in [-0.15, -0.1) is 11.3 Å². The first-order chi connectivity index (χ1) is 27.1. The molecule has 2 aromatic heterocycles. The summed E-state index contributed by atoms with van der Waals surface area (Å²) >= 11 is 1.86. The van der Waals surface area contributed by atoms with Gasteiger partial charge in [0, 0.05) is 70.5 Å². The maximum Gasteiger partial charge on any atom is 0.197 e. The predicted octanol–water partition coefficient (Wildman–Crippen LogP) is 12.6. The van der Waals surface area contributed by atoms with Crippen molar-refractivity contribution >= 4 is 100.0 Å². The largest absolute Gasteiger partial charge is 0.354 e. The van der Waals surface area contributed by atoms with Gasteiger partial charge in [-0.3, -0.25) is 0 Å². The average Bonchev–Trinajstić information content (AvgIpc) is 3.77. The number of hydrogen-bond donors (Lipinski definition) is 1. The smallest absolute Gasteiger partial charge is 0.197 e. The minimum Gasteiger partial charge on any atom is -0.354 e. The number of nitrogens with one attached hydrogen (secondary N) is 1. The van der Waals surface area contributed by atoms with Crippen molar-refractivity contribution in [3.05, 3.63) is 181 Å². The van der Waals surface area contributed by atoms with Gasteiger partial charge in [-0.25, -0.2) is 0 Å². The molecule has 0 amide bonds. The van der Waals surface area contributed by atoms with Crippen LogP contribution in [0.1, 0.15) is 11.1 Å². The fourth-order valence-electron chi connectivity index (χ4n) is 8.74. The summed E-state index contributed by atoms with van der Waals surface area (Å²) < 4.78 is 5.06. The van der Waals surface area contributed by atoms with Gasteiger partial charge in [0.15, 0.2) is 7.28 Å². The molecule has 1 N–H and O–H groups in total. The highest BCUT2D eigenvalue weighted by molar-refractivity contribution is 7.26. The van der Waals surface area contributed by atoms with Gasteiger partial charge in [-0.05, 0) is 91.1 Å².